The van der Waals surface area contributed by atoms with Gasteiger partial charge in [-0.2, -0.15) is 0 Å². The summed E-state index contributed by atoms with van der Waals surface area (Å²) >= 11 is 2.34. The molecule has 2 fully saturated rings. The Bertz CT molecular complexity index is 1530. The first-order valence-corrected chi connectivity index (χ1v) is 12.8. The van der Waals surface area contributed by atoms with Crippen LogP contribution in [-0.4, -0.2) is 66.5 Å². The Labute approximate surface area is 287 Å². The minimum atomic E-state index is -1.40. The topological polar surface area (TPSA) is 222 Å². The molecule has 0 saturated carbocycles. The fourth-order valence-electron chi connectivity index (χ4n) is 3.92. The molecular formula is C24H12N2Na2O12S2. The van der Waals surface area contributed by atoms with Crippen LogP contribution in [0.4, 0.5) is 0 Å². The number of carboxylic acid groups (broad SMARTS) is 4. The summed E-state index contributed by atoms with van der Waals surface area (Å²) in [5, 5.41) is 40.9. The van der Waals surface area contributed by atoms with Crippen LogP contribution < -0.4 is 69.3 Å². The van der Waals surface area contributed by atoms with Gasteiger partial charge in [0.1, 0.15) is 22.3 Å². The third kappa shape index (κ3) is 6.07. The number of fused-ring (bicyclic) bond motifs is 2. The number of thioether (sulfide) groups is 2. The Hall–Kier alpha value is -2.96. The van der Waals surface area contributed by atoms with Crippen molar-refractivity contribution in [2.75, 3.05) is 0 Å². The molecule has 6 rings (SSSR count). The molecule has 0 spiro atoms. The summed E-state index contributed by atoms with van der Waals surface area (Å²) < 4.78 is 10.0. The second kappa shape index (κ2) is 13.1. The number of carboxylic acids is 4. The van der Waals surface area contributed by atoms with Crippen LogP contribution >= 0.6 is 23.5 Å². The summed E-state index contributed by atoms with van der Waals surface area (Å²) in [6.07, 6.45) is 2.82. The van der Waals surface area contributed by atoms with Crippen LogP contribution in [0.2, 0.25) is 0 Å². The van der Waals surface area contributed by atoms with Crippen LogP contribution in [0.3, 0.4) is 0 Å². The first kappa shape index (κ1) is 33.5. The van der Waals surface area contributed by atoms with E-state index in [0.717, 1.165) is 9.80 Å². The summed E-state index contributed by atoms with van der Waals surface area (Å²) in [6, 6.07) is 5.42. The predicted molar refractivity (Wildman–Crippen MR) is 130 cm³/mol. The Morgan fingerprint density at radius 2 is 1.07 bits per heavy atom. The number of aromatic carboxylic acids is 2. The minimum absolute atomic E-state index is 0. The number of hydrogen-bond donors (Lipinski definition) is 2. The second-order valence-corrected chi connectivity index (χ2v) is 10.0. The molecule has 2 unspecified atom stereocenters. The van der Waals surface area contributed by atoms with E-state index in [4.69, 9.17) is 19.0 Å². The standard InChI is InChI=1S/2C12H7NO6S.2Na/c2*14-9-6(3-5-1-2-8(19-5)12(17)18)10-13(9)7(4-20-10)11(15)16;;/h2*1-4,10H,(H,15,16)(H,17,18);;/q;;2*+1/p-2/b2*6-3-;;. The molecule has 4 aliphatic rings. The summed E-state index contributed by atoms with van der Waals surface area (Å²) in [5.74, 6) is -6.12. The third-order valence-electron chi connectivity index (χ3n) is 5.76. The van der Waals surface area contributed by atoms with E-state index in [1.807, 2.05) is 0 Å². The maximum Gasteiger partial charge on any atom is 1.00 e. The van der Waals surface area contributed by atoms with Crippen molar-refractivity contribution in [1.29, 1.82) is 0 Å². The van der Waals surface area contributed by atoms with Crippen LogP contribution in [0.25, 0.3) is 12.2 Å². The average molecular weight is 630 g/mol. The molecule has 42 heavy (non-hydrogen) atoms. The smallest absolute Gasteiger partial charge is 0.543 e. The SMILES string of the molecule is O=C([O-])C1=CSC2/C(=C\c3ccc(C(=O)O)o3)C(=O)N12.O=C([O-])C1=CSC2/C(=C\c3ccc(C(=O)O)o3)C(=O)N12.[Na+].[Na+]. The molecule has 2 saturated heterocycles. The second-order valence-electron chi connectivity index (χ2n) is 8.12. The van der Waals surface area contributed by atoms with Gasteiger partial charge in [0.05, 0.1) is 34.5 Å². The molecule has 2 amide bonds. The zero-order valence-corrected chi connectivity index (χ0v) is 27.1. The van der Waals surface area contributed by atoms with Crippen LogP contribution in [-0.2, 0) is 19.2 Å². The van der Waals surface area contributed by atoms with Crippen LogP contribution in [0.15, 0.2) is 66.5 Å². The number of carbonyl (C=O) groups excluding carboxylic acids is 4. The molecule has 0 bridgehead atoms. The molecule has 2 N–H and O–H groups in total. The number of furan rings is 2. The van der Waals surface area contributed by atoms with Gasteiger partial charge < -0.3 is 38.8 Å². The molecule has 0 aliphatic carbocycles. The van der Waals surface area contributed by atoms with Crippen molar-refractivity contribution in [3.63, 3.8) is 0 Å². The molecule has 0 radical (unpaired) electrons. The van der Waals surface area contributed by atoms with Gasteiger partial charge in [-0.25, -0.2) is 9.59 Å². The molecule has 2 aromatic heterocycles. The van der Waals surface area contributed by atoms with E-state index in [2.05, 4.69) is 0 Å². The molecule has 0 aromatic carbocycles. The predicted octanol–water partition coefficient (Wildman–Crippen LogP) is -6.26. The van der Waals surface area contributed by atoms with Crippen molar-refractivity contribution < 1.29 is 117 Å². The van der Waals surface area contributed by atoms with E-state index in [1.165, 1.54) is 70.8 Å². The van der Waals surface area contributed by atoms with Gasteiger partial charge in [0.2, 0.25) is 11.5 Å². The van der Waals surface area contributed by atoms with E-state index in [1.54, 1.807) is 0 Å². The molecule has 2 aromatic rings. The van der Waals surface area contributed by atoms with Crippen molar-refractivity contribution in [2.45, 2.75) is 10.7 Å². The van der Waals surface area contributed by atoms with E-state index >= 15 is 0 Å². The van der Waals surface area contributed by atoms with Crippen molar-refractivity contribution in [2.24, 2.45) is 0 Å². The van der Waals surface area contributed by atoms with Crippen molar-refractivity contribution in [1.82, 2.24) is 9.80 Å². The van der Waals surface area contributed by atoms with Gasteiger partial charge in [-0.15, -0.1) is 23.5 Å². The minimum Gasteiger partial charge on any atom is -0.543 e. The van der Waals surface area contributed by atoms with Crippen molar-refractivity contribution in [3.8, 4) is 0 Å². The maximum atomic E-state index is 11.9. The van der Waals surface area contributed by atoms with Gasteiger partial charge in [0.25, 0.3) is 11.8 Å². The van der Waals surface area contributed by atoms with E-state index < -0.39 is 46.4 Å². The number of β-lactam (4-membered cyclic amide) rings is 2. The van der Waals surface area contributed by atoms with Crippen molar-refractivity contribution >= 4 is 71.4 Å². The van der Waals surface area contributed by atoms with E-state index in [9.17, 15) is 39.0 Å². The molecule has 18 heteroatoms. The molecular weight excluding hydrogens is 618 g/mol. The fraction of sp³-hybridized carbons (Fsp3) is 0.0833. The first-order valence-electron chi connectivity index (χ1n) is 10.9. The van der Waals surface area contributed by atoms with Gasteiger partial charge in [-0.3, -0.25) is 19.4 Å². The number of carbonyl (C=O) groups is 6. The third-order valence-corrected chi connectivity index (χ3v) is 7.92. The monoisotopic (exact) mass is 630 g/mol. The Morgan fingerprint density at radius 3 is 1.36 bits per heavy atom. The molecule has 14 nitrogen and oxygen atoms in total. The number of rotatable bonds is 6. The van der Waals surface area contributed by atoms with Gasteiger partial charge in [0.15, 0.2) is 0 Å². The van der Waals surface area contributed by atoms with Gasteiger partial charge in [0, 0.05) is 0 Å². The Morgan fingerprint density at radius 1 is 0.714 bits per heavy atom. The van der Waals surface area contributed by atoms with Gasteiger partial charge in [-0.1, -0.05) is 0 Å². The summed E-state index contributed by atoms with van der Waals surface area (Å²) in [5.41, 5.74) is 0.392. The molecule has 204 valence electrons. The Balaban J connectivity index is 0.000000220. The maximum absolute atomic E-state index is 11.9. The summed E-state index contributed by atoms with van der Waals surface area (Å²) in [4.78, 5) is 68.9. The normalized spacial score (nSPS) is 21.4. The largest absolute Gasteiger partial charge is 1.00 e. The van der Waals surface area contributed by atoms with Crippen LogP contribution in [0, 0.1) is 0 Å². The summed E-state index contributed by atoms with van der Waals surface area (Å²) in [7, 11) is 0. The quantitative estimate of drug-likeness (QED) is 0.172. The van der Waals surface area contributed by atoms with Gasteiger partial charge >= 0.3 is 71.1 Å². The number of nitrogens with zero attached hydrogens (tertiary/aromatic N) is 2. The average Bonchev–Trinajstić information content (AvgIpc) is 3.69. The van der Waals surface area contributed by atoms with Gasteiger partial charge in [-0.05, 0) is 47.2 Å². The van der Waals surface area contributed by atoms with Crippen molar-refractivity contribution in [3.05, 3.63) is 80.7 Å². The number of amides is 2. The molecule has 4 aliphatic heterocycles. The zero-order chi connectivity index (χ0) is 28.9. The van der Waals surface area contributed by atoms with Crippen LogP contribution in [0.1, 0.15) is 32.6 Å². The zero-order valence-electron chi connectivity index (χ0n) is 21.5. The summed E-state index contributed by atoms with van der Waals surface area (Å²) in [6.45, 7) is 0. The van der Waals surface area contributed by atoms with E-state index in [-0.39, 0.29) is 93.5 Å². The Kier molecular flexibility index (Phi) is 10.5. The molecule has 2 atom stereocenters. The number of aliphatic carboxylic acids is 2. The first-order chi connectivity index (χ1) is 19.0. The van der Waals surface area contributed by atoms with E-state index in [0.29, 0.717) is 11.1 Å². The van der Waals surface area contributed by atoms with Crippen LogP contribution in [0.5, 0.6) is 0 Å². The molecule has 6 heterocycles. The fourth-order valence-corrected chi connectivity index (χ4v) is 6.14. The number of hydrogen-bond acceptors (Lipinski definition) is 12.